The number of amides is 1. The number of anilines is 1. The molecule has 0 atom stereocenters. The molecule has 1 aromatic heterocycles. The highest BCUT2D eigenvalue weighted by Crippen LogP contribution is 2.26. The molecule has 0 fully saturated rings. The second-order valence-electron chi connectivity index (χ2n) is 6.51. The van der Waals surface area contributed by atoms with E-state index in [0.717, 1.165) is 11.8 Å². The molecule has 0 unspecified atom stereocenters. The normalized spacial score (nSPS) is 10.6. The Hall–Kier alpha value is -3.73. The summed E-state index contributed by atoms with van der Waals surface area (Å²) >= 11 is 0.980. The summed E-state index contributed by atoms with van der Waals surface area (Å²) in [6, 6.07) is 14.3. The van der Waals surface area contributed by atoms with Crippen LogP contribution in [0.2, 0.25) is 0 Å². The van der Waals surface area contributed by atoms with Gasteiger partial charge in [0.05, 0.1) is 17.0 Å². The van der Waals surface area contributed by atoms with Gasteiger partial charge in [-0.15, -0.1) is 0 Å². The molecule has 0 aliphatic carbocycles. The van der Waals surface area contributed by atoms with Crippen molar-refractivity contribution in [3.05, 3.63) is 78.2 Å². The molecule has 3 rings (SSSR count). The third-order valence-electron chi connectivity index (χ3n) is 4.11. The SMILES string of the molecule is O=C(CSc1ncccc1C(=O)OCCOc1ccc(F)cc1)Nc1ccccc1OC(F)F. The van der Waals surface area contributed by atoms with Gasteiger partial charge in [0.2, 0.25) is 5.91 Å². The van der Waals surface area contributed by atoms with Crippen molar-refractivity contribution in [2.45, 2.75) is 11.6 Å². The Bertz CT molecular complexity index is 1120. The van der Waals surface area contributed by atoms with Crippen molar-refractivity contribution in [2.75, 3.05) is 24.3 Å². The van der Waals surface area contributed by atoms with E-state index in [2.05, 4.69) is 15.0 Å². The number of benzene rings is 2. The number of ether oxygens (including phenoxy) is 3. The Morgan fingerprint density at radius 3 is 2.53 bits per heavy atom. The minimum Gasteiger partial charge on any atom is -0.490 e. The predicted molar refractivity (Wildman–Crippen MR) is 119 cm³/mol. The van der Waals surface area contributed by atoms with Crippen LogP contribution in [0.3, 0.4) is 0 Å². The smallest absolute Gasteiger partial charge is 0.387 e. The van der Waals surface area contributed by atoms with E-state index in [4.69, 9.17) is 9.47 Å². The van der Waals surface area contributed by atoms with Crippen molar-refractivity contribution >= 4 is 29.3 Å². The molecule has 0 bridgehead atoms. The summed E-state index contributed by atoms with van der Waals surface area (Å²) in [6.07, 6.45) is 1.46. The molecule has 1 N–H and O–H groups in total. The number of carbonyl (C=O) groups is 2. The minimum atomic E-state index is -3.03. The summed E-state index contributed by atoms with van der Waals surface area (Å²) < 4.78 is 52.9. The van der Waals surface area contributed by atoms with E-state index in [9.17, 15) is 22.8 Å². The molecule has 34 heavy (non-hydrogen) atoms. The largest absolute Gasteiger partial charge is 0.490 e. The third kappa shape index (κ3) is 7.69. The first-order chi connectivity index (χ1) is 16.4. The number of aromatic nitrogens is 1. The van der Waals surface area contributed by atoms with Crippen molar-refractivity contribution in [1.29, 1.82) is 0 Å². The molecule has 11 heteroatoms. The Morgan fingerprint density at radius 1 is 1.00 bits per heavy atom. The van der Waals surface area contributed by atoms with E-state index in [1.165, 1.54) is 54.7 Å². The van der Waals surface area contributed by atoms with Crippen molar-refractivity contribution < 1.29 is 37.0 Å². The highest BCUT2D eigenvalue weighted by molar-refractivity contribution is 8.00. The van der Waals surface area contributed by atoms with Crippen molar-refractivity contribution in [1.82, 2.24) is 4.98 Å². The van der Waals surface area contributed by atoms with Crippen LogP contribution in [0.1, 0.15) is 10.4 Å². The summed E-state index contributed by atoms with van der Waals surface area (Å²) in [5, 5.41) is 2.76. The maximum absolute atomic E-state index is 12.9. The van der Waals surface area contributed by atoms with Crippen LogP contribution in [0.5, 0.6) is 11.5 Å². The second-order valence-corrected chi connectivity index (χ2v) is 7.47. The van der Waals surface area contributed by atoms with Crippen LogP contribution in [-0.4, -0.2) is 42.4 Å². The molecule has 0 radical (unpaired) electrons. The maximum atomic E-state index is 12.9. The number of thioether (sulfide) groups is 1. The summed E-state index contributed by atoms with van der Waals surface area (Å²) in [5.41, 5.74) is 0.249. The second kappa shape index (κ2) is 12.5. The molecule has 178 valence electrons. The fourth-order valence-corrected chi connectivity index (χ4v) is 3.43. The first kappa shape index (κ1) is 24.9. The third-order valence-corrected chi connectivity index (χ3v) is 5.11. The lowest BCUT2D eigenvalue weighted by Gasteiger charge is -2.12. The van der Waals surface area contributed by atoms with E-state index in [-0.39, 0.29) is 46.8 Å². The van der Waals surface area contributed by atoms with Crippen molar-refractivity contribution in [3.63, 3.8) is 0 Å². The van der Waals surface area contributed by atoms with Gasteiger partial charge in [0.1, 0.15) is 35.6 Å². The highest BCUT2D eigenvalue weighted by Gasteiger charge is 2.17. The molecule has 0 aliphatic rings. The lowest BCUT2D eigenvalue weighted by atomic mass is 10.3. The lowest BCUT2D eigenvalue weighted by Crippen LogP contribution is -2.17. The number of para-hydroxylation sites is 2. The van der Waals surface area contributed by atoms with E-state index in [1.807, 2.05) is 0 Å². The zero-order chi connectivity index (χ0) is 24.3. The van der Waals surface area contributed by atoms with E-state index < -0.39 is 18.5 Å². The Morgan fingerprint density at radius 2 is 1.76 bits per heavy atom. The van der Waals surface area contributed by atoms with Gasteiger partial charge in [-0.05, 0) is 48.5 Å². The molecular weight excluding hydrogens is 473 g/mol. The summed E-state index contributed by atoms with van der Waals surface area (Å²) in [6.45, 7) is -3.03. The van der Waals surface area contributed by atoms with Crippen LogP contribution in [-0.2, 0) is 9.53 Å². The molecule has 1 amide bonds. The zero-order valence-corrected chi connectivity index (χ0v) is 18.4. The first-order valence-electron chi connectivity index (χ1n) is 9.89. The average molecular weight is 492 g/mol. The van der Waals surface area contributed by atoms with Crippen LogP contribution in [0, 0.1) is 5.82 Å². The number of esters is 1. The van der Waals surface area contributed by atoms with Crippen LogP contribution in [0.25, 0.3) is 0 Å². The van der Waals surface area contributed by atoms with Gasteiger partial charge < -0.3 is 19.5 Å². The standard InChI is InChI=1S/C23H19F3N2O5S/c24-15-7-9-16(10-8-15)31-12-13-32-22(30)17-4-3-11-27-21(17)34-14-20(29)28-18-5-1-2-6-19(18)33-23(25)26/h1-11,23H,12-14H2,(H,28,29). The van der Waals surface area contributed by atoms with Crippen LogP contribution in [0.15, 0.2) is 71.9 Å². The van der Waals surface area contributed by atoms with E-state index >= 15 is 0 Å². The average Bonchev–Trinajstić information content (AvgIpc) is 2.82. The quantitative estimate of drug-likeness (QED) is 0.234. The highest BCUT2D eigenvalue weighted by atomic mass is 32.2. The number of nitrogens with zero attached hydrogens (tertiary/aromatic N) is 1. The number of hydrogen-bond donors (Lipinski definition) is 1. The van der Waals surface area contributed by atoms with Crippen LogP contribution in [0.4, 0.5) is 18.9 Å². The van der Waals surface area contributed by atoms with Gasteiger partial charge in [0.15, 0.2) is 0 Å². The molecular formula is C23H19F3N2O5S. The van der Waals surface area contributed by atoms with Gasteiger partial charge in [-0.1, -0.05) is 23.9 Å². The van der Waals surface area contributed by atoms with Gasteiger partial charge in [-0.2, -0.15) is 8.78 Å². The van der Waals surface area contributed by atoms with Crippen LogP contribution >= 0.6 is 11.8 Å². The monoisotopic (exact) mass is 492 g/mol. The van der Waals surface area contributed by atoms with E-state index in [0.29, 0.717) is 5.75 Å². The first-order valence-corrected chi connectivity index (χ1v) is 10.9. The minimum absolute atomic E-state index is 0.0581. The molecule has 2 aromatic carbocycles. The Balaban J connectivity index is 1.51. The molecule has 3 aromatic rings. The van der Waals surface area contributed by atoms with E-state index in [1.54, 1.807) is 12.1 Å². The molecule has 0 saturated carbocycles. The number of halogens is 3. The molecule has 1 heterocycles. The van der Waals surface area contributed by atoms with Crippen molar-refractivity contribution in [2.24, 2.45) is 0 Å². The number of nitrogens with one attached hydrogen (secondary N) is 1. The molecule has 7 nitrogen and oxygen atoms in total. The summed E-state index contributed by atoms with van der Waals surface area (Å²) in [5.74, 6) is -1.43. The Kier molecular flexibility index (Phi) is 9.15. The number of carbonyl (C=O) groups excluding carboxylic acids is 2. The predicted octanol–water partition coefficient (Wildman–Crippen LogP) is 4.79. The van der Waals surface area contributed by atoms with Crippen LogP contribution < -0.4 is 14.8 Å². The van der Waals surface area contributed by atoms with Gasteiger partial charge >= 0.3 is 12.6 Å². The van der Waals surface area contributed by atoms with Gasteiger partial charge in [0, 0.05) is 6.20 Å². The summed E-state index contributed by atoms with van der Waals surface area (Å²) in [7, 11) is 0. The maximum Gasteiger partial charge on any atom is 0.387 e. The zero-order valence-electron chi connectivity index (χ0n) is 17.6. The topological polar surface area (TPSA) is 86.8 Å². The number of hydrogen-bond acceptors (Lipinski definition) is 7. The fourth-order valence-electron chi connectivity index (χ4n) is 2.65. The van der Waals surface area contributed by atoms with Gasteiger partial charge in [-0.3, -0.25) is 4.79 Å². The molecule has 0 spiro atoms. The fraction of sp³-hybridized carbons (Fsp3) is 0.174. The van der Waals surface area contributed by atoms with Gasteiger partial charge in [-0.25, -0.2) is 14.2 Å². The summed E-state index contributed by atoms with van der Waals surface area (Å²) in [4.78, 5) is 28.9. The Labute approximate surface area is 197 Å². The molecule has 0 aliphatic heterocycles. The van der Waals surface area contributed by atoms with Gasteiger partial charge in [0.25, 0.3) is 0 Å². The number of pyridine rings is 1. The van der Waals surface area contributed by atoms with Crippen molar-refractivity contribution in [3.8, 4) is 11.5 Å². The molecule has 0 saturated heterocycles. The number of rotatable bonds is 11. The lowest BCUT2D eigenvalue weighted by molar-refractivity contribution is -0.113. The number of alkyl halides is 2.